The van der Waals surface area contributed by atoms with Gasteiger partial charge in [0, 0.05) is 12.1 Å². The van der Waals surface area contributed by atoms with E-state index >= 15 is 0 Å². The van der Waals surface area contributed by atoms with Crippen LogP contribution in [0.25, 0.3) is 0 Å². The third-order valence-corrected chi connectivity index (χ3v) is 2.86. The number of hydrogen-bond acceptors (Lipinski definition) is 4. The van der Waals surface area contributed by atoms with Gasteiger partial charge in [0.25, 0.3) is 0 Å². The summed E-state index contributed by atoms with van der Waals surface area (Å²) in [6, 6.07) is 6.50. The summed E-state index contributed by atoms with van der Waals surface area (Å²) in [4.78, 5) is 2.12. The minimum Gasteiger partial charge on any atom is -0.389 e. The Morgan fingerprint density at radius 2 is 2.10 bits per heavy atom. The van der Waals surface area contributed by atoms with Crippen LogP contribution >= 0.6 is 0 Å². The standard InChI is InChI=1S/C15H25FN2O2/c1-18(2)9-5-8-17-10-14(19)12-20-11-13-6-3-4-7-15(13)16/h3-4,6-7,14,17,19H,5,8-12H2,1-2H3. The molecular weight excluding hydrogens is 259 g/mol. The fraction of sp³-hybridized carbons (Fsp3) is 0.600. The Labute approximate surface area is 120 Å². The molecule has 2 N–H and O–H groups in total. The Morgan fingerprint density at radius 1 is 1.35 bits per heavy atom. The lowest BCUT2D eigenvalue weighted by atomic mass is 10.2. The maximum atomic E-state index is 13.3. The molecule has 1 rings (SSSR count). The SMILES string of the molecule is CN(C)CCCNCC(O)COCc1ccccc1F. The molecule has 1 unspecified atom stereocenters. The average molecular weight is 284 g/mol. The van der Waals surface area contributed by atoms with Gasteiger partial charge in [-0.25, -0.2) is 4.39 Å². The third kappa shape index (κ3) is 7.55. The van der Waals surface area contributed by atoms with E-state index in [1.54, 1.807) is 18.2 Å². The second-order valence-electron chi connectivity index (χ2n) is 5.12. The van der Waals surface area contributed by atoms with Crippen molar-refractivity contribution in [2.24, 2.45) is 0 Å². The largest absolute Gasteiger partial charge is 0.389 e. The molecule has 0 fully saturated rings. The van der Waals surface area contributed by atoms with Crippen LogP contribution in [0.4, 0.5) is 4.39 Å². The van der Waals surface area contributed by atoms with E-state index < -0.39 is 6.10 Å². The van der Waals surface area contributed by atoms with E-state index in [2.05, 4.69) is 10.2 Å². The summed E-state index contributed by atoms with van der Waals surface area (Å²) in [5, 5.41) is 12.9. The van der Waals surface area contributed by atoms with Crippen molar-refractivity contribution in [3.05, 3.63) is 35.6 Å². The molecule has 0 amide bonds. The number of rotatable bonds is 10. The molecule has 114 valence electrons. The van der Waals surface area contributed by atoms with Crippen molar-refractivity contribution in [1.82, 2.24) is 10.2 Å². The van der Waals surface area contributed by atoms with E-state index in [9.17, 15) is 9.50 Å². The highest BCUT2D eigenvalue weighted by molar-refractivity contribution is 5.16. The van der Waals surface area contributed by atoms with E-state index in [0.29, 0.717) is 12.1 Å². The number of ether oxygens (including phenoxy) is 1. The molecule has 1 aromatic carbocycles. The van der Waals surface area contributed by atoms with Crippen LogP contribution in [0.5, 0.6) is 0 Å². The predicted octanol–water partition coefficient (Wildman–Crippen LogP) is 1.24. The number of aliphatic hydroxyl groups excluding tert-OH is 1. The normalized spacial score (nSPS) is 12.8. The zero-order valence-electron chi connectivity index (χ0n) is 12.3. The van der Waals surface area contributed by atoms with Crippen LogP contribution in [0.1, 0.15) is 12.0 Å². The first kappa shape index (κ1) is 17.0. The lowest BCUT2D eigenvalue weighted by Crippen LogP contribution is -2.32. The number of aliphatic hydroxyl groups is 1. The molecule has 5 heteroatoms. The van der Waals surface area contributed by atoms with E-state index in [1.165, 1.54) is 6.07 Å². The maximum absolute atomic E-state index is 13.3. The molecule has 0 aromatic heterocycles. The van der Waals surface area contributed by atoms with Crippen molar-refractivity contribution >= 4 is 0 Å². The van der Waals surface area contributed by atoms with Crippen molar-refractivity contribution in [2.45, 2.75) is 19.1 Å². The second-order valence-corrected chi connectivity index (χ2v) is 5.12. The predicted molar refractivity (Wildman–Crippen MR) is 78.1 cm³/mol. The Bertz CT molecular complexity index is 375. The Kier molecular flexibility index (Phi) is 8.37. The van der Waals surface area contributed by atoms with Crippen LogP contribution in [0.15, 0.2) is 24.3 Å². The van der Waals surface area contributed by atoms with Gasteiger partial charge in [-0.05, 0) is 39.7 Å². The maximum Gasteiger partial charge on any atom is 0.128 e. The number of halogens is 1. The molecular formula is C15H25FN2O2. The lowest BCUT2D eigenvalue weighted by Gasteiger charge is -2.13. The summed E-state index contributed by atoms with van der Waals surface area (Å²) in [7, 11) is 4.07. The van der Waals surface area contributed by atoms with Crippen molar-refractivity contribution in [2.75, 3.05) is 40.3 Å². The Hall–Kier alpha value is -1.01. The number of nitrogens with zero attached hydrogens (tertiary/aromatic N) is 1. The first-order chi connectivity index (χ1) is 9.59. The molecule has 0 spiro atoms. The quantitative estimate of drug-likeness (QED) is 0.635. The molecule has 4 nitrogen and oxygen atoms in total. The summed E-state index contributed by atoms with van der Waals surface area (Å²) < 4.78 is 18.6. The number of benzene rings is 1. The van der Waals surface area contributed by atoms with Crippen LogP contribution in [-0.2, 0) is 11.3 Å². The van der Waals surface area contributed by atoms with Crippen LogP contribution in [0, 0.1) is 5.82 Å². The summed E-state index contributed by atoms with van der Waals surface area (Å²) in [5.74, 6) is -0.274. The summed E-state index contributed by atoms with van der Waals surface area (Å²) in [6.07, 6.45) is 0.469. The minimum absolute atomic E-state index is 0.185. The van der Waals surface area contributed by atoms with Gasteiger partial charge < -0.3 is 20.1 Å². The summed E-state index contributed by atoms with van der Waals surface area (Å²) >= 11 is 0. The zero-order chi connectivity index (χ0) is 14.8. The molecule has 1 atom stereocenters. The third-order valence-electron chi connectivity index (χ3n) is 2.86. The Balaban J connectivity index is 2.05. The monoisotopic (exact) mass is 284 g/mol. The van der Waals surface area contributed by atoms with Gasteiger partial charge >= 0.3 is 0 Å². The van der Waals surface area contributed by atoms with Gasteiger partial charge in [0.1, 0.15) is 5.82 Å². The van der Waals surface area contributed by atoms with Crippen molar-refractivity contribution < 1.29 is 14.2 Å². The van der Waals surface area contributed by atoms with Crippen LogP contribution in [0.3, 0.4) is 0 Å². The first-order valence-electron chi connectivity index (χ1n) is 6.94. The fourth-order valence-corrected chi connectivity index (χ4v) is 1.77. The summed E-state index contributed by atoms with van der Waals surface area (Å²) in [6.45, 7) is 2.76. The van der Waals surface area contributed by atoms with E-state index in [-0.39, 0.29) is 19.0 Å². The molecule has 0 bridgehead atoms. The molecule has 1 aromatic rings. The highest BCUT2D eigenvalue weighted by Crippen LogP contribution is 2.07. The molecule has 0 heterocycles. The first-order valence-corrected chi connectivity index (χ1v) is 6.94. The van der Waals surface area contributed by atoms with E-state index in [0.717, 1.165) is 19.5 Å². The van der Waals surface area contributed by atoms with Gasteiger partial charge in [-0.1, -0.05) is 18.2 Å². The second kappa shape index (κ2) is 9.83. The fourth-order valence-electron chi connectivity index (χ4n) is 1.77. The molecule has 0 saturated heterocycles. The summed E-state index contributed by atoms with van der Waals surface area (Å²) in [5.41, 5.74) is 0.513. The van der Waals surface area contributed by atoms with Crippen molar-refractivity contribution in [3.63, 3.8) is 0 Å². The van der Waals surface area contributed by atoms with Crippen LogP contribution in [-0.4, -0.2) is 56.4 Å². The molecule has 0 aliphatic carbocycles. The van der Waals surface area contributed by atoms with Gasteiger partial charge in [-0.15, -0.1) is 0 Å². The highest BCUT2D eigenvalue weighted by Gasteiger charge is 2.05. The molecule has 0 aliphatic rings. The average Bonchev–Trinajstić information content (AvgIpc) is 2.40. The van der Waals surface area contributed by atoms with Gasteiger partial charge in [0.05, 0.1) is 19.3 Å². The Morgan fingerprint density at radius 3 is 2.80 bits per heavy atom. The number of hydrogen-bond donors (Lipinski definition) is 2. The zero-order valence-corrected chi connectivity index (χ0v) is 12.3. The van der Waals surface area contributed by atoms with Gasteiger partial charge in [0.2, 0.25) is 0 Å². The highest BCUT2D eigenvalue weighted by atomic mass is 19.1. The van der Waals surface area contributed by atoms with Crippen LogP contribution in [0.2, 0.25) is 0 Å². The smallest absolute Gasteiger partial charge is 0.128 e. The number of nitrogens with one attached hydrogen (secondary N) is 1. The van der Waals surface area contributed by atoms with Crippen molar-refractivity contribution in [1.29, 1.82) is 0 Å². The van der Waals surface area contributed by atoms with E-state index in [4.69, 9.17) is 4.74 Å². The lowest BCUT2D eigenvalue weighted by molar-refractivity contribution is 0.0279. The van der Waals surface area contributed by atoms with Gasteiger partial charge in [-0.3, -0.25) is 0 Å². The van der Waals surface area contributed by atoms with Gasteiger partial charge in [-0.2, -0.15) is 0 Å². The molecule has 20 heavy (non-hydrogen) atoms. The van der Waals surface area contributed by atoms with Gasteiger partial charge in [0.15, 0.2) is 0 Å². The molecule has 0 saturated carbocycles. The molecule has 0 radical (unpaired) electrons. The van der Waals surface area contributed by atoms with E-state index in [1.807, 2.05) is 14.1 Å². The minimum atomic E-state index is -0.568. The van der Waals surface area contributed by atoms with Crippen molar-refractivity contribution in [3.8, 4) is 0 Å². The van der Waals surface area contributed by atoms with Crippen LogP contribution < -0.4 is 5.32 Å². The molecule has 0 aliphatic heterocycles. The topological polar surface area (TPSA) is 44.7 Å².